The predicted octanol–water partition coefficient (Wildman–Crippen LogP) is 3.79. The van der Waals surface area contributed by atoms with E-state index in [4.69, 9.17) is 0 Å². The van der Waals surface area contributed by atoms with Gasteiger partial charge in [-0.15, -0.1) is 0 Å². The lowest BCUT2D eigenvalue weighted by atomic mass is 10.1. The second kappa shape index (κ2) is 3.94. The molecule has 0 aliphatic heterocycles. The summed E-state index contributed by atoms with van der Waals surface area (Å²) in [5, 5.41) is 3.28. The Bertz CT molecular complexity index is 620. The number of nitrogens with zero attached hydrogens (tertiary/aromatic N) is 1. The predicted molar refractivity (Wildman–Crippen MR) is 69.3 cm³/mol. The van der Waals surface area contributed by atoms with Gasteiger partial charge in [0.1, 0.15) is 0 Å². The van der Waals surface area contributed by atoms with Crippen molar-refractivity contribution < 1.29 is 0 Å². The van der Waals surface area contributed by atoms with E-state index >= 15 is 0 Å². The number of fused-ring (bicyclic) bond motifs is 1. The number of H-pyrrole nitrogens is 1. The minimum absolute atomic E-state index is 1.15. The van der Waals surface area contributed by atoms with Crippen molar-refractivity contribution in [2.45, 2.75) is 0 Å². The Labute approximate surface area is 97.4 Å². The van der Waals surface area contributed by atoms with Crippen LogP contribution < -0.4 is 0 Å². The molecule has 3 aromatic rings. The number of hydrogen-bond acceptors (Lipinski definition) is 2. The summed E-state index contributed by atoms with van der Waals surface area (Å²) in [6, 6.07) is 8.30. The number of nitrogens with one attached hydrogen (secondary N) is 1. The number of benzene rings is 1. The fourth-order valence-corrected chi connectivity index (χ4v) is 2.22. The van der Waals surface area contributed by atoms with Crippen LogP contribution >= 0.6 is 11.5 Å². The van der Waals surface area contributed by atoms with E-state index in [-0.39, 0.29) is 0 Å². The van der Waals surface area contributed by atoms with Gasteiger partial charge in [-0.2, -0.15) is 0 Å². The van der Waals surface area contributed by atoms with Crippen molar-refractivity contribution in [1.82, 2.24) is 9.36 Å². The van der Waals surface area contributed by atoms with Gasteiger partial charge in [-0.05, 0) is 23.2 Å². The standard InChI is InChI=1S/C13H10N2S/c1-2-4-13-12(3-1)11(8-14-13)6-5-10-7-15-16-9-10/h1-9,14H/b6-5+. The number of aromatic amines is 1. The van der Waals surface area contributed by atoms with E-state index in [9.17, 15) is 0 Å². The average molecular weight is 226 g/mol. The highest BCUT2D eigenvalue weighted by Gasteiger charge is 1.98. The third-order valence-corrected chi connectivity index (χ3v) is 3.13. The minimum Gasteiger partial charge on any atom is -0.361 e. The van der Waals surface area contributed by atoms with E-state index in [1.807, 2.05) is 23.8 Å². The Morgan fingerprint density at radius 2 is 2.12 bits per heavy atom. The molecule has 2 aromatic heterocycles. The maximum atomic E-state index is 4.07. The molecular formula is C13H10N2S. The highest BCUT2D eigenvalue weighted by atomic mass is 32.1. The molecule has 0 fully saturated rings. The lowest BCUT2D eigenvalue weighted by molar-refractivity contribution is 1.47. The van der Waals surface area contributed by atoms with Crippen LogP contribution in [0.25, 0.3) is 23.1 Å². The van der Waals surface area contributed by atoms with E-state index in [1.54, 1.807) is 0 Å². The molecule has 0 spiro atoms. The molecule has 78 valence electrons. The van der Waals surface area contributed by atoms with Crippen LogP contribution in [0, 0.1) is 0 Å². The summed E-state index contributed by atoms with van der Waals surface area (Å²) in [6.45, 7) is 0. The van der Waals surface area contributed by atoms with Crippen molar-refractivity contribution >= 4 is 34.6 Å². The Morgan fingerprint density at radius 3 is 3.00 bits per heavy atom. The van der Waals surface area contributed by atoms with Crippen LogP contribution in [0.5, 0.6) is 0 Å². The van der Waals surface area contributed by atoms with Crippen LogP contribution in [-0.4, -0.2) is 9.36 Å². The van der Waals surface area contributed by atoms with Gasteiger partial charge in [0.05, 0.1) is 0 Å². The quantitative estimate of drug-likeness (QED) is 0.707. The van der Waals surface area contributed by atoms with Crippen molar-refractivity contribution in [2.75, 3.05) is 0 Å². The molecular weight excluding hydrogens is 216 g/mol. The lowest BCUT2D eigenvalue weighted by Gasteiger charge is -1.90. The second-order valence-corrected chi connectivity index (χ2v) is 4.24. The molecule has 0 aliphatic rings. The summed E-state index contributed by atoms with van der Waals surface area (Å²) < 4.78 is 4.07. The Hall–Kier alpha value is -1.87. The largest absolute Gasteiger partial charge is 0.361 e. The van der Waals surface area contributed by atoms with Gasteiger partial charge >= 0.3 is 0 Å². The van der Waals surface area contributed by atoms with Gasteiger partial charge in [-0.1, -0.05) is 30.4 Å². The molecule has 1 N–H and O–H groups in total. The van der Waals surface area contributed by atoms with Crippen LogP contribution in [0.15, 0.2) is 42.0 Å². The zero-order valence-electron chi connectivity index (χ0n) is 8.55. The first-order chi connectivity index (χ1) is 7.93. The highest BCUT2D eigenvalue weighted by molar-refractivity contribution is 7.03. The molecule has 2 heterocycles. The first-order valence-corrected chi connectivity index (χ1v) is 5.91. The van der Waals surface area contributed by atoms with Crippen LogP contribution in [0.2, 0.25) is 0 Å². The van der Waals surface area contributed by atoms with Crippen molar-refractivity contribution in [3.8, 4) is 0 Å². The van der Waals surface area contributed by atoms with Gasteiger partial charge in [0.2, 0.25) is 0 Å². The molecule has 0 atom stereocenters. The smallest absolute Gasteiger partial charge is 0.0479 e. The summed E-state index contributed by atoms with van der Waals surface area (Å²) in [5.74, 6) is 0. The van der Waals surface area contributed by atoms with Gasteiger partial charge in [-0.25, -0.2) is 4.37 Å². The average Bonchev–Trinajstić information content (AvgIpc) is 2.96. The van der Waals surface area contributed by atoms with Gasteiger partial charge < -0.3 is 4.98 Å². The molecule has 16 heavy (non-hydrogen) atoms. The van der Waals surface area contributed by atoms with Crippen molar-refractivity contribution in [2.24, 2.45) is 0 Å². The van der Waals surface area contributed by atoms with Crippen molar-refractivity contribution in [3.05, 3.63) is 53.2 Å². The molecule has 0 bridgehead atoms. The molecule has 2 nitrogen and oxygen atoms in total. The zero-order chi connectivity index (χ0) is 10.8. The van der Waals surface area contributed by atoms with Gasteiger partial charge in [0, 0.05) is 34.2 Å². The van der Waals surface area contributed by atoms with Crippen molar-refractivity contribution in [1.29, 1.82) is 0 Å². The van der Waals surface area contributed by atoms with E-state index < -0.39 is 0 Å². The maximum Gasteiger partial charge on any atom is 0.0479 e. The summed E-state index contributed by atoms with van der Waals surface area (Å²) in [6.07, 6.45) is 8.10. The zero-order valence-corrected chi connectivity index (χ0v) is 9.37. The minimum atomic E-state index is 1.15. The van der Waals surface area contributed by atoms with Crippen LogP contribution in [0.4, 0.5) is 0 Å². The fourth-order valence-electron chi connectivity index (χ4n) is 1.71. The Morgan fingerprint density at radius 1 is 1.19 bits per heavy atom. The fraction of sp³-hybridized carbons (Fsp3) is 0. The van der Waals surface area contributed by atoms with E-state index in [0.717, 1.165) is 5.56 Å². The molecule has 3 heteroatoms. The third-order valence-electron chi connectivity index (χ3n) is 2.53. The Kier molecular flexibility index (Phi) is 2.31. The molecule has 1 aromatic carbocycles. The van der Waals surface area contributed by atoms with E-state index in [1.165, 1.54) is 28.0 Å². The summed E-state index contributed by atoms with van der Waals surface area (Å²) in [7, 11) is 0. The second-order valence-electron chi connectivity index (χ2n) is 3.58. The topological polar surface area (TPSA) is 28.7 Å². The van der Waals surface area contributed by atoms with Crippen molar-refractivity contribution in [3.63, 3.8) is 0 Å². The first kappa shape index (κ1) is 9.36. The highest BCUT2D eigenvalue weighted by Crippen LogP contribution is 2.20. The van der Waals surface area contributed by atoms with Crippen LogP contribution in [0.3, 0.4) is 0 Å². The molecule has 0 unspecified atom stereocenters. The normalized spacial score (nSPS) is 11.5. The molecule has 0 saturated heterocycles. The third kappa shape index (κ3) is 1.66. The Balaban J connectivity index is 2.01. The van der Waals surface area contributed by atoms with Gasteiger partial charge in [0.15, 0.2) is 0 Å². The number of aromatic nitrogens is 2. The molecule has 0 amide bonds. The number of hydrogen-bond donors (Lipinski definition) is 1. The number of rotatable bonds is 2. The summed E-state index contributed by atoms with van der Waals surface area (Å²) >= 11 is 1.47. The lowest BCUT2D eigenvalue weighted by Crippen LogP contribution is -1.67. The first-order valence-electron chi connectivity index (χ1n) is 5.07. The van der Waals surface area contributed by atoms with Crippen LogP contribution in [0.1, 0.15) is 11.1 Å². The van der Waals surface area contributed by atoms with Gasteiger partial charge in [0.25, 0.3) is 0 Å². The van der Waals surface area contributed by atoms with Crippen LogP contribution in [-0.2, 0) is 0 Å². The SMILES string of the molecule is C(=C\c1c[nH]c2ccccc12)/c1cnsc1. The molecule has 0 saturated carbocycles. The molecule has 3 rings (SSSR count). The summed E-state index contributed by atoms with van der Waals surface area (Å²) in [4.78, 5) is 3.25. The number of para-hydroxylation sites is 1. The molecule has 0 aliphatic carbocycles. The summed E-state index contributed by atoms with van der Waals surface area (Å²) in [5.41, 5.74) is 3.53. The van der Waals surface area contributed by atoms with Gasteiger partial charge in [-0.3, -0.25) is 0 Å². The van der Waals surface area contributed by atoms with E-state index in [0.29, 0.717) is 0 Å². The molecule has 0 radical (unpaired) electrons. The monoisotopic (exact) mass is 226 g/mol. The van der Waals surface area contributed by atoms with E-state index in [2.05, 4.69) is 39.7 Å². The maximum absolute atomic E-state index is 4.07.